The lowest BCUT2D eigenvalue weighted by Crippen LogP contribution is -2.31. The van der Waals surface area contributed by atoms with Gasteiger partial charge < -0.3 is 10.6 Å². The average molecular weight is 360 g/mol. The Labute approximate surface area is 147 Å². The first-order chi connectivity index (χ1) is 11.7. The molecule has 0 bridgehead atoms. The molecule has 0 saturated heterocycles. The molecule has 0 aliphatic rings. The molecule has 2 aromatic carbocycles. The Morgan fingerprint density at radius 3 is 2.28 bits per heavy atom. The SMILES string of the molecule is CC(C)NC(=O)c1ccccc1NC(=O)c1cccc(S(C)(=O)=O)c1. The lowest BCUT2D eigenvalue weighted by Gasteiger charge is -2.13. The van der Waals surface area contributed by atoms with Crippen LogP contribution in [0.4, 0.5) is 5.69 Å². The summed E-state index contributed by atoms with van der Waals surface area (Å²) in [6.07, 6.45) is 1.08. The molecule has 7 heteroatoms. The van der Waals surface area contributed by atoms with Gasteiger partial charge in [-0.05, 0) is 44.2 Å². The van der Waals surface area contributed by atoms with Crippen LogP contribution in [-0.4, -0.2) is 32.5 Å². The van der Waals surface area contributed by atoms with Crippen molar-refractivity contribution in [3.63, 3.8) is 0 Å². The topological polar surface area (TPSA) is 92.3 Å². The Morgan fingerprint density at radius 2 is 1.64 bits per heavy atom. The third-order valence-electron chi connectivity index (χ3n) is 3.36. The maximum absolute atomic E-state index is 12.5. The van der Waals surface area contributed by atoms with Crippen LogP contribution in [0.1, 0.15) is 34.6 Å². The van der Waals surface area contributed by atoms with Crippen molar-refractivity contribution >= 4 is 27.3 Å². The van der Waals surface area contributed by atoms with Crippen molar-refractivity contribution < 1.29 is 18.0 Å². The summed E-state index contributed by atoms with van der Waals surface area (Å²) in [5.74, 6) is -0.786. The van der Waals surface area contributed by atoms with Crippen molar-refractivity contribution in [2.24, 2.45) is 0 Å². The van der Waals surface area contributed by atoms with Crippen LogP contribution in [0.15, 0.2) is 53.4 Å². The third-order valence-corrected chi connectivity index (χ3v) is 4.47. The van der Waals surface area contributed by atoms with Gasteiger partial charge in [0.15, 0.2) is 9.84 Å². The lowest BCUT2D eigenvalue weighted by molar-refractivity contribution is 0.0944. The molecule has 132 valence electrons. The molecule has 0 spiro atoms. The van der Waals surface area contributed by atoms with Crippen molar-refractivity contribution in [2.75, 3.05) is 11.6 Å². The second kappa shape index (κ2) is 7.48. The quantitative estimate of drug-likeness (QED) is 0.857. The van der Waals surface area contributed by atoms with Gasteiger partial charge in [0.2, 0.25) is 0 Å². The summed E-state index contributed by atoms with van der Waals surface area (Å²) in [6.45, 7) is 3.69. The van der Waals surface area contributed by atoms with Crippen LogP contribution in [0.25, 0.3) is 0 Å². The van der Waals surface area contributed by atoms with Gasteiger partial charge in [0.25, 0.3) is 11.8 Å². The summed E-state index contributed by atoms with van der Waals surface area (Å²) < 4.78 is 23.3. The average Bonchev–Trinajstić information content (AvgIpc) is 2.54. The number of hydrogen-bond acceptors (Lipinski definition) is 4. The standard InChI is InChI=1S/C18H20N2O4S/c1-12(2)19-18(22)15-9-4-5-10-16(15)20-17(21)13-7-6-8-14(11-13)25(3,23)24/h4-12H,1-3H3,(H,19,22)(H,20,21). The first kappa shape index (κ1) is 18.7. The number of carbonyl (C=O) groups is 2. The summed E-state index contributed by atoms with van der Waals surface area (Å²) >= 11 is 0. The smallest absolute Gasteiger partial charge is 0.255 e. The van der Waals surface area contributed by atoms with Crippen LogP contribution in [0.3, 0.4) is 0 Å². The van der Waals surface area contributed by atoms with Crippen molar-refractivity contribution in [1.82, 2.24) is 5.32 Å². The summed E-state index contributed by atoms with van der Waals surface area (Å²) in [6, 6.07) is 12.3. The number of carbonyl (C=O) groups excluding carboxylic acids is 2. The number of para-hydroxylation sites is 1. The van der Waals surface area contributed by atoms with Gasteiger partial charge in [-0.15, -0.1) is 0 Å². The highest BCUT2D eigenvalue weighted by Crippen LogP contribution is 2.18. The van der Waals surface area contributed by atoms with E-state index < -0.39 is 15.7 Å². The van der Waals surface area contributed by atoms with Crippen molar-refractivity contribution in [3.05, 3.63) is 59.7 Å². The van der Waals surface area contributed by atoms with Crippen molar-refractivity contribution in [2.45, 2.75) is 24.8 Å². The van der Waals surface area contributed by atoms with Crippen molar-refractivity contribution in [1.29, 1.82) is 0 Å². The van der Waals surface area contributed by atoms with E-state index in [-0.39, 0.29) is 22.4 Å². The van der Waals surface area contributed by atoms with Crippen LogP contribution >= 0.6 is 0 Å². The van der Waals surface area contributed by atoms with Gasteiger partial charge in [-0.3, -0.25) is 9.59 Å². The van der Waals surface area contributed by atoms with E-state index in [2.05, 4.69) is 10.6 Å². The van der Waals surface area contributed by atoms with E-state index in [1.54, 1.807) is 24.3 Å². The third kappa shape index (κ3) is 4.90. The first-order valence-corrected chi connectivity index (χ1v) is 9.59. The monoisotopic (exact) mass is 360 g/mol. The number of amides is 2. The Hall–Kier alpha value is -2.67. The second-order valence-corrected chi connectivity index (χ2v) is 7.94. The largest absolute Gasteiger partial charge is 0.350 e. The number of anilines is 1. The molecule has 0 heterocycles. The van der Waals surface area contributed by atoms with Crippen LogP contribution in [0.5, 0.6) is 0 Å². The molecular formula is C18H20N2O4S. The molecule has 0 unspecified atom stereocenters. The van der Waals surface area contributed by atoms with Gasteiger partial charge >= 0.3 is 0 Å². The fourth-order valence-corrected chi connectivity index (χ4v) is 2.86. The number of sulfone groups is 1. The predicted molar refractivity (Wildman–Crippen MR) is 96.5 cm³/mol. The summed E-state index contributed by atoms with van der Waals surface area (Å²) in [7, 11) is -3.41. The molecule has 0 aromatic heterocycles. The molecule has 0 aliphatic heterocycles. The highest BCUT2D eigenvalue weighted by atomic mass is 32.2. The number of hydrogen-bond donors (Lipinski definition) is 2. The molecule has 0 fully saturated rings. The van der Waals surface area contributed by atoms with Gasteiger partial charge in [-0.25, -0.2) is 8.42 Å². The molecule has 2 N–H and O–H groups in total. The molecule has 6 nitrogen and oxygen atoms in total. The van der Waals surface area contributed by atoms with Crippen LogP contribution in [0.2, 0.25) is 0 Å². The Balaban J connectivity index is 2.29. The van der Waals surface area contributed by atoms with Crippen LogP contribution in [0, 0.1) is 0 Å². The second-order valence-electron chi connectivity index (χ2n) is 5.93. The minimum Gasteiger partial charge on any atom is -0.350 e. The van der Waals surface area contributed by atoms with Gasteiger partial charge in [-0.2, -0.15) is 0 Å². The van der Waals surface area contributed by atoms with E-state index in [9.17, 15) is 18.0 Å². The Kier molecular flexibility index (Phi) is 5.58. The molecule has 0 saturated carbocycles. The minimum absolute atomic E-state index is 0.0392. The predicted octanol–water partition coefficient (Wildman–Crippen LogP) is 2.48. The Bertz CT molecular complexity index is 905. The highest BCUT2D eigenvalue weighted by Gasteiger charge is 2.16. The van der Waals surface area contributed by atoms with Crippen LogP contribution in [-0.2, 0) is 9.84 Å². The molecule has 2 aromatic rings. The van der Waals surface area contributed by atoms with Crippen LogP contribution < -0.4 is 10.6 Å². The zero-order chi connectivity index (χ0) is 18.6. The van der Waals surface area contributed by atoms with E-state index in [0.717, 1.165) is 6.26 Å². The Morgan fingerprint density at radius 1 is 0.960 bits per heavy atom. The normalized spacial score (nSPS) is 11.2. The number of nitrogens with one attached hydrogen (secondary N) is 2. The summed E-state index contributed by atoms with van der Waals surface area (Å²) in [4.78, 5) is 24.8. The fraction of sp³-hybridized carbons (Fsp3) is 0.222. The molecule has 2 amide bonds. The fourth-order valence-electron chi connectivity index (χ4n) is 2.19. The summed E-state index contributed by atoms with van der Waals surface area (Å²) in [5, 5.41) is 5.44. The maximum atomic E-state index is 12.5. The van der Waals surface area contributed by atoms with Gasteiger partial charge in [0.05, 0.1) is 16.1 Å². The molecule has 2 rings (SSSR count). The van der Waals surface area contributed by atoms with Gasteiger partial charge in [0, 0.05) is 17.9 Å². The minimum atomic E-state index is -3.41. The highest BCUT2D eigenvalue weighted by molar-refractivity contribution is 7.90. The molecule has 0 radical (unpaired) electrons. The zero-order valence-electron chi connectivity index (χ0n) is 14.2. The van der Waals surface area contributed by atoms with Gasteiger partial charge in [-0.1, -0.05) is 18.2 Å². The van der Waals surface area contributed by atoms with E-state index in [1.807, 2.05) is 13.8 Å². The molecule has 0 atom stereocenters. The molecule has 25 heavy (non-hydrogen) atoms. The van der Waals surface area contributed by atoms with E-state index in [4.69, 9.17) is 0 Å². The number of rotatable bonds is 5. The number of benzene rings is 2. The zero-order valence-corrected chi connectivity index (χ0v) is 15.1. The van der Waals surface area contributed by atoms with Crippen molar-refractivity contribution in [3.8, 4) is 0 Å². The van der Waals surface area contributed by atoms with E-state index in [1.165, 1.54) is 24.3 Å². The lowest BCUT2D eigenvalue weighted by atomic mass is 10.1. The molecular weight excluding hydrogens is 340 g/mol. The summed E-state index contributed by atoms with van der Waals surface area (Å²) in [5.41, 5.74) is 0.890. The molecule has 0 aliphatic carbocycles. The first-order valence-electron chi connectivity index (χ1n) is 7.70. The maximum Gasteiger partial charge on any atom is 0.255 e. The van der Waals surface area contributed by atoms with Gasteiger partial charge in [0.1, 0.15) is 0 Å². The van der Waals surface area contributed by atoms with E-state index >= 15 is 0 Å². The van der Waals surface area contributed by atoms with E-state index in [0.29, 0.717) is 11.3 Å².